The van der Waals surface area contributed by atoms with Crippen molar-refractivity contribution in [2.24, 2.45) is 5.10 Å². The van der Waals surface area contributed by atoms with Crippen LogP contribution < -0.4 is 16.4 Å². The Morgan fingerprint density at radius 1 is 0.946 bits per heavy atom. The molecule has 0 aliphatic carbocycles. The van der Waals surface area contributed by atoms with Crippen LogP contribution in [0.4, 0.5) is 11.4 Å². The molecule has 4 aromatic rings. The summed E-state index contributed by atoms with van der Waals surface area (Å²) < 4.78 is 5.34. The number of anilines is 2. The minimum Gasteiger partial charge on any atom is -0.457 e. The van der Waals surface area contributed by atoms with Gasteiger partial charge in [0.2, 0.25) is 0 Å². The van der Waals surface area contributed by atoms with Gasteiger partial charge in [0.15, 0.2) is 11.5 Å². The number of H-pyrrole nitrogens is 2. The number of Topliss-reactive ketones (excluding diaryl/α,β-unsaturated/α-hetero) is 1. The number of hydrazone groups is 1. The molecule has 0 aliphatic rings. The highest BCUT2D eigenvalue weighted by atomic mass is 16.5. The minimum absolute atomic E-state index is 0.130. The molecule has 0 saturated carbocycles. The number of hydrogen-bond acceptors (Lipinski definition) is 7. The molecule has 0 aliphatic heterocycles. The summed E-state index contributed by atoms with van der Waals surface area (Å²) in [6.07, 6.45) is 1.73. The fraction of sp³-hybridized carbons (Fsp3) is 0.0741. The van der Waals surface area contributed by atoms with E-state index in [4.69, 9.17) is 4.74 Å². The number of carbonyl (C=O) groups is 3. The highest BCUT2D eigenvalue weighted by Crippen LogP contribution is 2.15. The van der Waals surface area contributed by atoms with Crippen LogP contribution in [0.15, 0.2) is 83.2 Å². The fourth-order valence-corrected chi connectivity index (χ4v) is 3.37. The second-order valence-electron chi connectivity index (χ2n) is 8.02. The topological polar surface area (TPSA) is 146 Å². The number of nitrogens with zero attached hydrogens (tertiary/aromatic N) is 1. The van der Waals surface area contributed by atoms with Crippen molar-refractivity contribution >= 4 is 51.9 Å². The van der Waals surface area contributed by atoms with Crippen LogP contribution >= 0.6 is 0 Å². The zero-order valence-corrected chi connectivity index (χ0v) is 19.8. The number of rotatable bonds is 9. The first-order valence-electron chi connectivity index (χ1n) is 11.2. The lowest BCUT2D eigenvalue weighted by atomic mass is 10.1. The second-order valence-corrected chi connectivity index (χ2v) is 8.02. The van der Waals surface area contributed by atoms with Crippen LogP contribution in [-0.4, -0.2) is 33.3 Å². The molecule has 0 bridgehead atoms. The van der Waals surface area contributed by atoms with Crippen molar-refractivity contribution in [3.8, 4) is 0 Å². The van der Waals surface area contributed by atoms with Crippen LogP contribution in [-0.2, 0) is 20.9 Å². The zero-order valence-electron chi connectivity index (χ0n) is 19.8. The van der Waals surface area contributed by atoms with Gasteiger partial charge < -0.3 is 20.0 Å². The molecule has 3 aromatic carbocycles. The number of imidazole rings is 1. The van der Waals surface area contributed by atoms with E-state index in [1.54, 1.807) is 48.5 Å². The van der Waals surface area contributed by atoms with Gasteiger partial charge in [0, 0.05) is 12.6 Å². The van der Waals surface area contributed by atoms with Crippen molar-refractivity contribution in [3.63, 3.8) is 0 Å². The van der Waals surface area contributed by atoms with Gasteiger partial charge in [0.05, 0.1) is 22.3 Å². The molecule has 37 heavy (non-hydrogen) atoms. The maximum atomic E-state index is 12.6. The Labute approximate surface area is 211 Å². The average Bonchev–Trinajstić information content (AvgIpc) is 3.27. The van der Waals surface area contributed by atoms with E-state index in [9.17, 15) is 19.2 Å². The van der Waals surface area contributed by atoms with Gasteiger partial charge in [-0.3, -0.25) is 15.0 Å². The molecule has 10 nitrogen and oxygen atoms in total. The molecule has 186 valence electrons. The van der Waals surface area contributed by atoms with E-state index in [0.29, 0.717) is 28.0 Å². The summed E-state index contributed by atoms with van der Waals surface area (Å²) in [6, 6.07) is 18.5. The Bertz CT molecular complexity index is 1560. The monoisotopic (exact) mass is 497 g/mol. The SMILES string of the molecule is C=Cc1ccc(COC(=O)c2ccc(N/N=C(\C(C)=O)C(=O)Nc3ccc4[nH]c(=O)[nH]c4c3)cc2)cc1. The molecule has 1 amide bonds. The standard InChI is InChI=1S/C27H23N5O5/c1-3-17-4-6-18(7-5-17)15-37-26(35)19-8-10-20(11-9-19)31-32-24(16(2)33)25(34)28-21-12-13-22-23(14-21)30-27(36)29-22/h3-14,31H,1,15H2,2H3,(H,28,34)(H2,29,30,36)/b32-24+. The van der Waals surface area contributed by atoms with E-state index in [1.165, 1.54) is 6.92 Å². The molecular weight excluding hydrogens is 474 g/mol. The van der Waals surface area contributed by atoms with Gasteiger partial charge in [-0.05, 0) is 53.6 Å². The highest BCUT2D eigenvalue weighted by molar-refractivity contribution is 6.67. The number of esters is 1. The number of hydrogen-bond donors (Lipinski definition) is 4. The maximum absolute atomic E-state index is 12.6. The zero-order chi connectivity index (χ0) is 26.4. The summed E-state index contributed by atoms with van der Waals surface area (Å²) >= 11 is 0. The number of carbonyl (C=O) groups excluding carboxylic acids is 3. The first kappa shape index (κ1) is 24.9. The summed E-state index contributed by atoms with van der Waals surface area (Å²) in [7, 11) is 0. The van der Waals surface area contributed by atoms with E-state index in [-0.39, 0.29) is 18.0 Å². The van der Waals surface area contributed by atoms with Crippen LogP contribution in [0, 0.1) is 0 Å². The predicted octanol–water partition coefficient (Wildman–Crippen LogP) is 3.85. The summed E-state index contributed by atoms with van der Waals surface area (Å²) in [5.41, 5.74) is 6.01. The van der Waals surface area contributed by atoms with E-state index in [1.807, 2.05) is 24.3 Å². The lowest BCUT2D eigenvalue weighted by molar-refractivity contribution is -0.114. The van der Waals surface area contributed by atoms with Crippen molar-refractivity contribution in [1.82, 2.24) is 9.97 Å². The molecule has 0 radical (unpaired) electrons. The van der Waals surface area contributed by atoms with E-state index < -0.39 is 17.7 Å². The lowest BCUT2D eigenvalue weighted by Crippen LogP contribution is -2.29. The summed E-state index contributed by atoms with van der Waals surface area (Å²) in [5, 5.41) is 6.52. The van der Waals surface area contributed by atoms with Gasteiger partial charge in [-0.1, -0.05) is 36.9 Å². The molecule has 1 heterocycles. The van der Waals surface area contributed by atoms with E-state index in [0.717, 1.165) is 11.1 Å². The van der Waals surface area contributed by atoms with Gasteiger partial charge in [-0.25, -0.2) is 9.59 Å². The smallest absolute Gasteiger partial charge is 0.338 e. The van der Waals surface area contributed by atoms with E-state index in [2.05, 4.69) is 32.4 Å². The molecule has 1 aromatic heterocycles. The molecule has 0 spiro atoms. The van der Waals surface area contributed by atoms with Crippen molar-refractivity contribution < 1.29 is 19.1 Å². The quantitative estimate of drug-likeness (QED) is 0.120. The minimum atomic E-state index is -0.724. The third kappa shape index (κ3) is 6.25. The molecule has 0 atom stereocenters. The molecule has 0 unspecified atom stereocenters. The van der Waals surface area contributed by atoms with Crippen molar-refractivity contribution in [2.45, 2.75) is 13.5 Å². The number of aromatic nitrogens is 2. The second kappa shape index (κ2) is 11.0. The highest BCUT2D eigenvalue weighted by Gasteiger charge is 2.18. The van der Waals surface area contributed by atoms with Crippen LogP contribution in [0.2, 0.25) is 0 Å². The number of fused-ring (bicyclic) bond motifs is 1. The Morgan fingerprint density at radius 2 is 1.62 bits per heavy atom. The van der Waals surface area contributed by atoms with Gasteiger partial charge in [0.25, 0.3) is 5.91 Å². The molecule has 4 N–H and O–H groups in total. The molecule has 4 rings (SSSR count). The Balaban J connectivity index is 1.37. The number of ketones is 1. The Hall–Kier alpha value is -5.25. The molecule has 10 heteroatoms. The number of amides is 1. The van der Waals surface area contributed by atoms with Crippen molar-refractivity contribution in [3.05, 3.63) is 100 Å². The maximum Gasteiger partial charge on any atom is 0.338 e. The molecule has 0 fully saturated rings. The number of benzene rings is 3. The van der Waals surface area contributed by atoms with Crippen molar-refractivity contribution in [1.29, 1.82) is 0 Å². The first-order valence-corrected chi connectivity index (χ1v) is 11.2. The summed E-state index contributed by atoms with van der Waals surface area (Å²) in [4.78, 5) is 53.6. The predicted molar refractivity (Wildman–Crippen MR) is 141 cm³/mol. The van der Waals surface area contributed by atoms with Gasteiger partial charge in [0.1, 0.15) is 6.61 Å². The Morgan fingerprint density at radius 3 is 2.30 bits per heavy atom. The molecular formula is C27H23N5O5. The summed E-state index contributed by atoms with van der Waals surface area (Å²) in [5.74, 6) is -1.77. The lowest BCUT2D eigenvalue weighted by Gasteiger charge is -2.08. The van der Waals surface area contributed by atoms with Crippen LogP contribution in [0.25, 0.3) is 17.1 Å². The van der Waals surface area contributed by atoms with Crippen molar-refractivity contribution in [2.75, 3.05) is 10.7 Å². The van der Waals surface area contributed by atoms with Crippen LogP contribution in [0.1, 0.15) is 28.4 Å². The fourth-order valence-electron chi connectivity index (χ4n) is 3.37. The molecule has 0 saturated heterocycles. The Kier molecular flexibility index (Phi) is 7.39. The first-order chi connectivity index (χ1) is 17.8. The third-order valence-electron chi connectivity index (χ3n) is 5.33. The third-order valence-corrected chi connectivity index (χ3v) is 5.33. The van der Waals surface area contributed by atoms with Gasteiger partial charge in [-0.15, -0.1) is 0 Å². The van der Waals surface area contributed by atoms with E-state index >= 15 is 0 Å². The normalized spacial score (nSPS) is 11.1. The summed E-state index contributed by atoms with van der Waals surface area (Å²) in [6.45, 7) is 5.05. The van der Waals surface area contributed by atoms with Crippen LogP contribution in [0.3, 0.4) is 0 Å². The number of nitrogens with one attached hydrogen (secondary N) is 4. The average molecular weight is 498 g/mol. The van der Waals surface area contributed by atoms with Crippen LogP contribution in [0.5, 0.6) is 0 Å². The van der Waals surface area contributed by atoms with Gasteiger partial charge in [-0.2, -0.15) is 5.10 Å². The number of aromatic amines is 2. The van der Waals surface area contributed by atoms with Gasteiger partial charge >= 0.3 is 11.7 Å². The number of ether oxygens (including phenoxy) is 1. The largest absolute Gasteiger partial charge is 0.457 e.